The van der Waals surface area contributed by atoms with Gasteiger partial charge in [0.1, 0.15) is 23.1 Å². The molecule has 20 heavy (non-hydrogen) atoms. The summed E-state index contributed by atoms with van der Waals surface area (Å²) in [5.41, 5.74) is 7.36. The van der Waals surface area contributed by atoms with E-state index in [1.54, 1.807) is 25.3 Å². The van der Waals surface area contributed by atoms with E-state index in [-0.39, 0.29) is 5.84 Å². The molecule has 2 aromatic rings. The number of aryl methyl sites for hydroxylation is 1. The Morgan fingerprint density at radius 3 is 2.30 bits per heavy atom. The maximum absolute atomic E-state index is 7.59. The summed E-state index contributed by atoms with van der Waals surface area (Å²) < 4.78 is 11.0. The van der Waals surface area contributed by atoms with Crippen molar-refractivity contribution in [1.29, 1.82) is 5.41 Å². The van der Waals surface area contributed by atoms with Gasteiger partial charge in [0, 0.05) is 6.07 Å². The van der Waals surface area contributed by atoms with Crippen molar-refractivity contribution in [1.82, 2.24) is 0 Å². The monoisotopic (exact) mass is 270 g/mol. The Bertz CT molecular complexity index is 606. The molecular formula is C16H18N2O2. The molecule has 0 aliphatic heterocycles. The van der Waals surface area contributed by atoms with Gasteiger partial charge < -0.3 is 15.2 Å². The summed E-state index contributed by atoms with van der Waals surface area (Å²) in [7, 11) is 1.59. The molecule has 0 bridgehead atoms. The summed E-state index contributed by atoms with van der Waals surface area (Å²) in [6.07, 6.45) is 0.984. The molecule has 0 unspecified atom stereocenters. The quantitative estimate of drug-likeness (QED) is 0.646. The Morgan fingerprint density at radius 1 is 1.10 bits per heavy atom. The van der Waals surface area contributed by atoms with Crippen molar-refractivity contribution in [3.63, 3.8) is 0 Å². The molecule has 0 atom stereocenters. The van der Waals surface area contributed by atoms with Crippen LogP contribution in [0.2, 0.25) is 0 Å². The first kappa shape index (κ1) is 13.9. The average molecular weight is 270 g/mol. The van der Waals surface area contributed by atoms with E-state index in [4.69, 9.17) is 20.6 Å². The van der Waals surface area contributed by atoms with Gasteiger partial charge in [0.2, 0.25) is 0 Å². The Morgan fingerprint density at radius 2 is 1.75 bits per heavy atom. The van der Waals surface area contributed by atoms with Crippen molar-refractivity contribution in [3.05, 3.63) is 53.6 Å². The molecule has 0 aliphatic rings. The Balaban J connectivity index is 2.32. The second-order valence-electron chi connectivity index (χ2n) is 4.38. The zero-order chi connectivity index (χ0) is 14.5. The number of hydrogen-bond donors (Lipinski definition) is 2. The van der Waals surface area contributed by atoms with Crippen LogP contribution >= 0.6 is 0 Å². The largest absolute Gasteiger partial charge is 0.497 e. The van der Waals surface area contributed by atoms with Gasteiger partial charge in [-0.2, -0.15) is 0 Å². The van der Waals surface area contributed by atoms with Crippen LogP contribution in [0.25, 0.3) is 0 Å². The van der Waals surface area contributed by atoms with Crippen LogP contribution in [0.15, 0.2) is 42.5 Å². The third-order valence-electron chi connectivity index (χ3n) is 3.04. The highest BCUT2D eigenvalue weighted by Crippen LogP contribution is 2.29. The van der Waals surface area contributed by atoms with Crippen LogP contribution in [0.5, 0.6) is 17.2 Å². The summed E-state index contributed by atoms with van der Waals surface area (Å²) in [5.74, 6) is 1.85. The van der Waals surface area contributed by atoms with Crippen molar-refractivity contribution in [3.8, 4) is 17.2 Å². The fraction of sp³-hybridized carbons (Fsp3) is 0.188. The molecule has 0 fully saturated rings. The number of benzene rings is 2. The predicted molar refractivity (Wildman–Crippen MR) is 79.9 cm³/mol. The number of methoxy groups -OCH3 is 1. The number of nitrogens with two attached hydrogens (primary N) is 1. The molecule has 0 radical (unpaired) electrons. The van der Waals surface area contributed by atoms with Crippen LogP contribution in [-0.4, -0.2) is 12.9 Å². The van der Waals surface area contributed by atoms with Gasteiger partial charge in [0.25, 0.3) is 0 Å². The zero-order valence-corrected chi connectivity index (χ0v) is 11.6. The van der Waals surface area contributed by atoms with Crippen LogP contribution in [-0.2, 0) is 6.42 Å². The predicted octanol–water partition coefficient (Wildman–Crippen LogP) is 3.33. The lowest BCUT2D eigenvalue weighted by Gasteiger charge is -2.12. The van der Waals surface area contributed by atoms with E-state index in [0.717, 1.165) is 6.42 Å². The lowest BCUT2D eigenvalue weighted by molar-refractivity contribution is 0.409. The average Bonchev–Trinajstić information content (AvgIpc) is 2.47. The van der Waals surface area contributed by atoms with E-state index in [2.05, 4.69) is 6.92 Å². The van der Waals surface area contributed by atoms with Gasteiger partial charge in [-0.3, -0.25) is 5.41 Å². The number of rotatable bonds is 5. The molecule has 0 amide bonds. The van der Waals surface area contributed by atoms with E-state index >= 15 is 0 Å². The zero-order valence-electron chi connectivity index (χ0n) is 11.6. The van der Waals surface area contributed by atoms with Crippen molar-refractivity contribution >= 4 is 5.84 Å². The van der Waals surface area contributed by atoms with Gasteiger partial charge >= 0.3 is 0 Å². The van der Waals surface area contributed by atoms with E-state index in [9.17, 15) is 0 Å². The van der Waals surface area contributed by atoms with Gasteiger partial charge in [-0.15, -0.1) is 0 Å². The van der Waals surface area contributed by atoms with Gasteiger partial charge in [-0.05, 0) is 36.2 Å². The fourth-order valence-electron chi connectivity index (χ4n) is 1.86. The Hall–Kier alpha value is -2.49. The molecule has 104 valence electrons. The molecule has 0 aliphatic carbocycles. The van der Waals surface area contributed by atoms with Crippen molar-refractivity contribution < 1.29 is 9.47 Å². The third kappa shape index (κ3) is 3.09. The highest BCUT2D eigenvalue weighted by molar-refractivity contribution is 5.97. The minimum absolute atomic E-state index is 0.0344. The standard InChI is InChI=1S/C16H18N2O2/c1-3-11-4-6-12(7-5-11)20-15-10-13(19-2)8-9-14(15)16(17)18/h4-10H,3H2,1-2H3,(H3,17,18). The molecule has 0 heterocycles. The number of hydrogen-bond acceptors (Lipinski definition) is 3. The molecule has 0 aromatic heterocycles. The van der Waals surface area contributed by atoms with Crippen molar-refractivity contribution in [2.24, 2.45) is 5.73 Å². The molecule has 2 rings (SSSR count). The fourth-order valence-corrected chi connectivity index (χ4v) is 1.86. The summed E-state index contributed by atoms with van der Waals surface area (Å²) >= 11 is 0. The highest BCUT2D eigenvalue weighted by atomic mass is 16.5. The molecule has 2 aromatic carbocycles. The molecule has 4 nitrogen and oxygen atoms in total. The van der Waals surface area contributed by atoms with E-state index in [1.165, 1.54) is 5.56 Å². The smallest absolute Gasteiger partial charge is 0.142 e. The Labute approximate surface area is 118 Å². The normalized spacial score (nSPS) is 10.1. The molecule has 3 N–H and O–H groups in total. The highest BCUT2D eigenvalue weighted by Gasteiger charge is 2.09. The van der Waals surface area contributed by atoms with Crippen LogP contribution in [0.1, 0.15) is 18.1 Å². The molecular weight excluding hydrogens is 252 g/mol. The second kappa shape index (κ2) is 6.10. The number of amidine groups is 1. The van der Waals surface area contributed by atoms with Crippen LogP contribution < -0.4 is 15.2 Å². The number of nitrogen functional groups attached to an aromatic ring is 1. The number of ether oxygens (including phenoxy) is 2. The summed E-state index contributed by atoms with van der Waals surface area (Å²) in [6, 6.07) is 13.0. The van der Waals surface area contributed by atoms with Gasteiger partial charge in [-0.25, -0.2) is 0 Å². The summed E-state index contributed by atoms with van der Waals surface area (Å²) in [4.78, 5) is 0. The molecule has 0 spiro atoms. The van der Waals surface area contributed by atoms with Crippen LogP contribution in [0.4, 0.5) is 0 Å². The van der Waals surface area contributed by atoms with Gasteiger partial charge in [0.15, 0.2) is 0 Å². The summed E-state index contributed by atoms with van der Waals surface area (Å²) in [6.45, 7) is 2.10. The first-order valence-corrected chi connectivity index (χ1v) is 6.43. The minimum atomic E-state index is -0.0344. The SMILES string of the molecule is CCc1ccc(Oc2cc(OC)ccc2C(=N)N)cc1. The van der Waals surface area contributed by atoms with Crippen molar-refractivity contribution in [2.75, 3.05) is 7.11 Å². The maximum atomic E-state index is 7.59. The first-order chi connectivity index (χ1) is 9.63. The van der Waals surface area contributed by atoms with E-state index < -0.39 is 0 Å². The summed E-state index contributed by atoms with van der Waals surface area (Å²) in [5, 5.41) is 7.59. The van der Waals surface area contributed by atoms with Gasteiger partial charge in [0.05, 0.1) is 12.7 Å². The maximum Gasteiger partial charge on any atom is 0.142 e. The van der Waals surface area contributed by atoms with Crippen LogP contribution in [0, 0.1) is 5.41 Å². The lowest BCUT2D eigenvalue weighted by Crippen LogP contribution is -2.12. The van der Waals surface area contributed by atoms with Crippen LogP contribution in [0.3, 0.4) is 0 Å². The lowest BCUT2D eigenvalue weighted by atomic mass is 10.1. The van der Waals surface area contributed by atoms with Crippen molar-refractivity contribution in [2.45, 2.75) is 13.3 Å². The van der Waals surface area contributed by atoms with E-state index in [1.807, 2.05) is 24.3 Å². The Kier molecular flexibility index (Phi) is 4.25. The number of nitrogens with one attached hydrogen (secondary N) is 1. The molecule has 0 saturated carbocycles. The molecule has 4 heteroatoms. The second-order valence-corrected chi connectivity index (χ2v) is 4.38. The third-order valence-corrected chi connectivity index (χ3v) is 3.04. The topological polar surface area (TPSA) is 68.3 Å². The minimum Gasteiger partial charge on any atom is -0.497 e. The van der Waals surface area contributed by atoms with Gasteiger partial charge in [-0.1, -0.05) is 19.1 Å². The first-order valence-electron chi connectivity index (χ1n) is 6.43. The molecule has 0 saturated heterocycles. The van der Waals surface area contributed by atoms with E-state index in [0.29, 0.717) is 22.8 Å².